The molecule has 0 aliphatic rings. The molecule has 0 aliphatic heterocycles. The molecule has 0 amide bonds. The summed E-state index contributed by atoms with van der Waals surface area (Å²) >= 11 is 0. The van der Waals surface area contributed by atoms with E-state index in [1.165, 1.54) is 6.07 Å². The molecule has 0 radical (unpaired) electrons. The van der Waals surface area contributed by atoms with E-state index in [9.17, 15) is 13.6 Å². The average Bonchev–Trinajstić information content (AvgIpc) is 3.15. The number of aromatic nitrogens is 2. The maximum absolute atomic E-state index is 12.3. The molecular formula is C21H18N2O4S. The number of nitrogens with zero attached hydrogens (tertiary/aromatic N) is 1. The standard InChI is InChI=1S/C21H18N2O4S/c1-14-12-18(17-10-11-22-21(17)23(14)24)19-13-16(28(2,25)26)8-9-20(19)27-15-6-4-3-5-7-15/h3-13,22H,1-2H3. The molecule has 7 heteroatoms. The number of hydrogen-bond acceptors (Lipinski definition) is 4. The van der Waals surface area contributed by atoms with Crippen LogP contribution >= 0.6 is 0 Å². The highest BCUT2D eigenvalue weighted by Crippen LogP contribution is 2.38. The molecule has 0 fully saturated rings. The summed E-state index contributed by atoms with van der Waals surface area (Å²) in [6, 6.07) is 17.5. The van der Waals surface area contributed by atoms with Crippen LogP contribution in [-0.4, -0.2) is 19.7 Å². The number of aryl methyl sites for hydroxylation is 1. The highest BCUT2D eigenvalue weighted by molar-refractivity contribution is 7.90. The molecule has 0 atom stereocenters. The molecule has 2 aromatic heterocycles. The van der Waals surface area contributed by atoms with E-state index in [2.05, 4.69) is 4.98 Å². The van der Waals surface area contributed by atoms with Gasteiger partial charge >= 0.3 is 0 Å². The molecule has 4 rings (SSSR count). The minimum atomic E-state index is -3.41. The first-order chi connectivity index (χ1) is 13.3. The minimum Gasteiger partial charge on any atom is -0.710 e. The molecule has 0 saturated heterocycles. The Morgan fingerprint density at radius 1 is 1.00 bits per heavy atom. The van der Waals surface area contributed by atoms with Crippen LogP contribution in [0.5, 0.6) is 11.5 Å². The fourth-order valence-electron chi connectivity index (χ4n) is 3.15. The molecule has 142 valence electrons. The van der Waals surface area contributed by atoms with Gasteiger partial charge in [0.1, 0.15) is 17.2 Å². The summed E-state index contributed by atoms with van der Waals surface area (Å²) in [5.74, 6) is 1.14. The molecule has 0 bridgehead atoms. The van der Waals surface area contributed by atoms with Crippen molar-refractivity contribution in [3.05, 3.63) is 77.8 Å². The number of ether oxygens (including phenoxy) is 1. The Morgan fingerprint density at radius 3 is 2.46 bits per heavy atom. The maximum atomic E-state index is 12.3. The third-order valence-electron chi connectivity index (χ3n) is 4.53. The molecule has 0 aliphatic carbocycles. The van der Waals surface area contributed by atoms with Gasteiger partial charge in [-0.1, -0.05) is 18.2 Å². The van der Waals surface area contributed by atoms with E-state index in [0.717, 1.165) is 16.5 Å². The van der Waals surface area contributed by atoms with Gasteiger partial charge in [0.25, 0.3) is 5.65 Å². The van der Waals surface area contributed by atoms with Crippen LogP contribution in [0.1, 0.15) is 5.69 Å². The Balaban J connectivity index is 1.99. The Hall–Kier alpha value is -3.32. The number of fused-ring (bicyclic) bond motifs is 1. The molecule has 0 unspecified atom stereocenters. The molecule has 28 heavy (non-hydrogen) atoms. The summed E-state index contributed by atoms with van der Waals surface area (Å²) in [5.41, 5.74) is 2.21. The SMILES string of the molecule is Cc1cc(-c2cc(S(C)(=O)=O)ccc2Oc2ccccc2)c2cc[nH]c2[n+]1[O-]. The number of nitrogens with one attached hydrogen (secondary N) is 1. The molecule has 2 heterocycles. The maximum Gasteiger partial charge on any atom is 0.290 e. The van der Waals surface area contributed by atoms with Gasteiger partial charge < -0.3 is 9.94 Å². The second kappa shape index (κ2) is 6.69. The molecule has 2 aromatic carbocycles. The Kier molecular flexibility index (Phi) is 4.31. The molecule has 4 aromatic rings. The van der Waals surface area contributed by atoms with E-state index in [0.29, 0.717) is 33.8 Å². The van der Waals surface area contributed by atoms with Gasteiger partial charge in [-0.15, -0.1) is 0 Å². The number of aromatic amines is 1. The molecule has 0 saturated carbocycles. The zero-order chi connectivity index (χ0) is 19.9. The largest absolute Gasteiger partial charge is 0.710 e. The predicted octanol–water partition coefficient (Wildman–Crippen LogP) is 3.97. The lowest BCUT2D eigenvalue weighted by Crippen LogP contribution is -2.31. The number of pyridine rings is 1. The molecule has 0 spiro atoms. The van der Waals surface area contributed by atoms with Crippen molar-refractivity contribution in [2.24, 2.45) is 0 Å². The van der Waals surface area contributed by atoms with Crippen LogP contribution in [0.15, 0.2) is 71.8 Å². The fraction of sp³-hybridized carbons (Fsp3) is 0.0952. The Labute approximate surface area is 162 Å². The van der Waals surface area contributed by atoms with Gasteiger partial charge in [-0.05, 0) is 49.4 Å². The lowest BCUT2D eigenvalue weighted by molar-refractivity contribution is -0.586. The van der Waals surface area contributed by atoms with Crippen LogP contribution in [0.3, 0.4) is 0 Å². The number of sulfone groups is 1. The van der Waals surface area contributed by atoms with E-state index < -0.39 is 9.84 Å². The summed E-state index contributed by atoms with van der Waals surface area (Å²) < 4.78 is 31.1. The van der Waals surface area contributed by atoms with Gasteiger partial charge in [-0.2, -0.15) is 0 Å². The van der Waals surface area contributed by atoms with Crippen molar-refractivity contribution in [1.82, 2.24) is 4.98 Å². The summed E-state index contributed by atoms with van der Waals surface area (Å²) in [6.07, 6.45) is 2.84. The summed E-state index contributed by atoms with van der Waals surface area (Å²) in [4.78, 5) is 3.13. The van der Waals surface area contributed by atoms with E-state index >= 15 is 0 Å². The summed E-state index contributed by atoms with van der Waals surface area (Å²) in [7, 11) is -3.41. The van der Waals surface area contributed by atoms with Crippen molar-refractivity contribution >= 4 is 20.9 Å². The minimum absolute atomic E-state index is 0.183. The smallest absolute Gasteiger partial charge is 0.290 e. The van der Waals surface area contributed by atoms with E-state index in [1.54, 1.807) is 37.4 Å². The van der Waals surface area contributed by atoms with Gasteiger partial charge in [-0.25, -0.2) is 18.1 Å². The van der Waals surface area contributed by atoms with Crippen LogP contribution in [-0.2, 0) is 9.84 Å². The van der Waals surface area contributed by atoms with Crippen LogP contribution in [0.25, 0.3) is 22.2 Å². The van der Waals surface area contributed by atoms with Crippen molar-refractivity contribution in [1.29, 1.82) is 0 Å². The van der Waals surface area contributed by atoms with Crippen LogP contribution in [0, 0.1) is 12.1 Å². The van der Waals surface area contributed by atoms with Crippen LogP contribution in [0.4, 0.5) is 0 Å². The topological polar surface area (TPSA) is 86.1 Å². The first-order valence-corrected chi connectivity index (χ1v) is 10.5. The number of rotatable bonds is 4. The lowest BCUT2D eigenvalue weighted by Gasteiger charge is -2.15. The van der Waals surface area contributed by atoms with Crippen LogP contribution < -0.4 is 9.47 Å². The Bertz CT molecular complexity index is 1280. The van der Waals surface area contributed by atoms with E-state index in [-0.39, 0.29) is 4.90 Å². The van der Waals surface area contributed by atoms with Crippen molar-refractivity contribution in [3.8, 4) is 22.6 Å². The van der Waals surface area contributed by atoms with E-state index in [4.69, 9.17) is 4.74 Å². The second-order valence-corrected chi connectivity index (χ2v) is 8.59. The van der Waals surface area contributed by atoms with Crippen molar-refractivity contribution in [2.75, 3.05) is 6.26 Å². The summed E-state index contributed by atoms with van der Waals surface area (Å²) in [6.45, 7) is 1.70. The molecule has 6 nitrogen and oxygen atoms in total. The van der Waals surface area contributed by atoms with Gasteiger partial charge in [0.05, 0.1) is 16.5 Å². The summed E-state index contributed by atoms with van der Waals surface area (Å²) in [5, 5.41) is 13.0. The number of benzene rings is 2. The second-order valence-electron chi connectivity index (χ2n) is 6.58. The van der Waals surface area contributed by atoms with Gasteiger partial charge in [0, 0.05) is 17.4 Å². The monoisotopic (exact) mass is 394 g/mol. The zero-order valence-corrected chi connectivity index (χ0v) is 16.2. The fourth-order valence-corrected chi connectivity index (χ4v) is 3.79. The molecular weight excluding hydrogens is 376 g/mol. The highest BCUT2D eigenvalue weighted by atomic mass is 32.2. The lowest BCUT2D eigenvalue weighted by atomic mass is 10.0. The van der Waals surface area contributed by atoms with E-state index in [1.807, 2.05) is 30.3 Å². The number of H-pyrrole nitrogens is 1. The predicted molar refractivity (Wildman–Crippen MR) is 107 cm³/mol. The number of para-hydroxylation sites is 1. The first-order valence-electron chi connectivity index (χ1n) is 8.62. The van der Waals surface area contributed by atoms with Crippen molar-refractivity contribution in [2.45, 2.75) is 11.8 Å². The average molecular weight is 394 g/mol. The highest BCUT2D eigenvalue weighted by Gasteiger charge is 2.19. The first kappa shape index (κ1) is 18.1. The van der Waals surface area contributed by atoms with Gasteiger partial charge in [-0.3, -0.25) is 0 Å². The normalized spacial score (nSPS) is 11.6. The Morgan fingerprint density at radius 2 is 1.75 bits per heavy atom. The molecule has 1 N–H and O–H groups in total. The zero-order valence-electron chi connectivity index (χ0n) is 15.3. The number of hydrogen-bond donors (Lipinski definition) is 1. The van der Waals surface area contributed by atoms with Crippen molar-refractivity contribution in [3.63, 3.8) is 0 Å². The van der Waals surface area contributed by atoms with Gasteiger partial charge in [0.2, 0.25) is 0 Å². The third kappa shape index (κ3) is 3.20. The van der Waals surface area contributed by atoms with Gasteiger partial charge in [0.15, 0.2) is 9.84 Å². The van der Waals surface area contributed by atoms with Crippen molar-refractivity contribution < 1.29 is 17.9 Å². The third-order valence-corrected chi connectivity index (χ3v) is 5.64. The van der Waals surface area contributed by atoms with Crippen LogP contribution in [0.2, 0.25) is 0 Å². The quantitative estimate of drug-likeness (QED) is 0.419.